The molecule has 3 fully saturated rings. The van der Waals surface area contributed by atoms with E-state index in [0.717, 1.165) is 10.9 Å². The van der Waals surface area contributed by atoms with Gasteiger partial charge in [-0.25, -0.2) is 0 Å². The Morgan fingerprint density at radius 1 is 1.09 bits per heavy atom. The highest BCUT2D eigenvalue weighted by Gasteiger charge is 2.40. The topological polar surface area (TPSA) is 32.3 Å². The van der Waals surface area contributed by atoms with Gasteiger partial charge in [-0.05, 0) is 61.7 Å². The van der Waals surface area contributed by atoms with Gasteiger partial charge >= 0.3 is 0 Å². The van der Waals surface area contributed by atoms with Crippen molar-refractivity contribution >= 4 is 16.7 Å². The molecule has 3 saturated heterocycles. The number of carbonyl (C=O) groups excluding carboxylic acids is 1. The van der Waals surface area contributed by atoms with Crippen LogP contribution in [0.5, 0.6) is 0 Å². The highest BCUT2D eigenvalue weighted by atomic mass is 16.1. The number of benzene rings is 2. The van der Waals surface area contributed by atoms with Gasteiger partial charge in [0.15, 0.2) is 0 Å². The molecule has 2 aromatic rings. The monoisotopic (exact) mass is 294 g/mol. The fourth-order valence-corrected chi connectivity index (χ4v) is 4.11. The summed E-state index contributed by atoms with van der Waals surface area (Å²) in [6.45, 7) is 4.62. The molecule has 1 N–H and O–H groups in total. The molecule has 0 spiro atoms. The van der Waals surface area contributed by atoms with E-state index in [9.17, 15) is 4.79 Å². The van der Waals surface area contributed by atoms with E-state index in [1.807, 2.05) is 30.3 Å². The maximum atomic E-state index is 12.6. The van der Waals surface area contributed by atoms with Gasteiger partial charge < -0.3 is 5.32 Å². The zero-order chi connectivity index (χ0) is 15.1. The van der Waals surface area contributed by atoms with Crippen LogP contribution in [0.2, 0.25) is 0 Å². The second-order valence-corrected chi connectivity index (χ2v) is 6.68. The molecule has 2 aromatic carbocycles. The maximum absolute atomic E-state index is 12.6. The minimum Gasteiger partial charge on any atom is -0.347 e. The number of nitrogens with zero attached hydrogens (tertiary/aromatic N) is 1. The standard InChI is InChI=1S/C19H22N2O/c1-13-18(15-8-10-21(13)11-9-15)20-19(22)17-7-6-14-4-2-3-5-16(14)12-17/h2-7,12-13,15,18H,8-11H2,1H3,(H,20,22)/t13-,18-/m0/s1. The summed E-state index contributed by atoms with van der Waals surface area (Å²) >= 11 is 0. The van der Waals surface area contributed by atoms with Crippen molar-refractivity contribution in [1.29, 1.82) is 0 Å². The van der Waals surface area contributed by atoms with Crippen molar-refractivity contribution in [2.75, 3.05) is 13.1 Å². The van der Waals surface area contributed by atoms with Crippen LogP contribution >= 0.6 is 0 Å². The normalized spacial score (nSPS) is 30.4. The number of rotatable bonds is 2. The molecule has 1 amide bonds. The van der Waals surface area contributed by atoms with E-state index in [-0.39, 0.29) is 5.91 Å². The van der Waals surface area contributed by atoms with E-state index in [4.69, 9.17) is 0 Å². The molecule has 114 valence electrons. The van der Waals surface area contributed by atoms with Gasteiger partial charge in [-0.15, -0.1) is 0 Å². The van der Waals surface area contributed by atoms with E-state index in [0.29, 0.717) is 18.0 Å². The summed E-state index contributed by atoms with van der Waals surface area (Å²) in [6.07, 6.45) is 2.43. The van der Waals surface area contributed by atoms with E-state index < -0.39 is 0 Å². The summed E-state index contributed by atoms with van der Waals surface area (Å²) < 4.78 is 0. The molecule has 3 heteroatoms. The van der Waals surface area contributed by atoms with Crippen LogP contribution in [-0.2, 0) is 0 Å². The summed E-state index contributed by atoms with van der Waals surface area (Å²) in [7, 11) is 0. The van der Waals surface area contributed by atoms with Gasteiger partial charge in [0.2, 0.25) is 0 Å². The lowest BCUT2D eigenvalue weighted by atomic mass is 9.79. The molecule has 22 heavy (non-hydrogen) atoms. The van der Waals surface area contributed by atoms with Gasteiger partial charge in [-0.1, -0.05) is 30.3 Å². The van der Waals surface area contributed by atoms with Crippen LogP contribution in [0, 0.1) is 5.92 Å². The maximum Gasteiger partial charge on any atom is 0.251 e. The fraction of sp³-hybridized carbons (Fsp3) is 0.421. The molecular weight excluding hydrogens is 272 g/mol. The average Bonchev–Trinajstić information content (AvgIpc) is 2.58. The van der Waals surface area contributed by atoms with Crippen LogP contribution < -0.4 is 5.32 Å². The highest BCUT2D eigenvalue weighted by molar-refractivity contribution is 5.98. The number of hydrogen-bond donors (Lipinski definition) is 1. The van der Waals surface area contributed by atoms with E-state index in [1.54, 1.807) is 0 Å². The van der Waals surface area contributed by atoms with Crippen molar-refractivity contribution in [2.24, 2.45) is 5.92 Å². The number of hydrogen-bond acceptors (Lipinski definition) is 2. The molecule has 0 saturated carbocycles. The summed E-state index contributed by atoms with van der Waals surface area (Å²) in [5.74, 6) is 0.709. The quantitative estimate of drug-likeness (QED) is 0.923. The lowest BCUT2D eigenvalue weighted by Gasteiger charge is -2.49. The molecule has 0 radical (unpaired) electrons. The first-order valence-corrected chi connectivity index (χ1v) is 8.26. The number of carbonyl (C=O) groups is 1. The smallest absolute Gasteiger partial charge is 0.251 e. The van der Waals surface area contributed by atoms with Gasteiger partial charge in [0, 0.05) is 17.6 Å². The van der Waals surface area contributed by atoms with Crippen LogP contribution in [0.1, 0.15) is 30.1 Å². The predicted molar refractivity (Wildman–Crippen MR) is 89.0 cm³/mol. The second kappa shape index (κ2) is 5.40. The zero-order valence-corrected chi connectivity index (χ0v) is 13.0. The Kier molecular flexibility index (Phi) is 3.38. The second-order valence-electron chi connectivity index (χ2n) is 6.68. The van der Waals surface area contributed by atoms with Crippen LogP contribution in [0.3, 0.4) is 0 Å². The van der Waals surface area contributed by atoms with Crippen LogP contribution in [0.4, 0.5) is 0 Å². The zero-order valence-electron chi connectivity index (χ0n) is 13.0. The molecule has 0 unspecified atom stereocenters. The van der Waals surface area contributed by atoms with Gasteiger partial charge in [0.25, 0.3) is 5.91 Å². The molecule has 3 aliphatic heterocycles. The van der Waals surface area contributed by atoms with E-state index in [1.165, 1.54) is 31.3 Å². The third kappa shape index (κ3) is 2.30. The van der Waals surface area contributed by atoms with Crippen LogP contribution in [0.25, 0.3) is 10.8 Å². The Morgan fingerprint density at radius 2 is 1.82 bits per heavy atom. The summed E-state index contributed by atoms with van der Waals surface area (Å²) in [4.78, 5) is 15.2. The number of fused-ring (bicyclic) bond motifs is 4. The molecule has 0 aromatic heterocycles. The largest absolute Gasteiger partial charge is 0.347 e. The van der Waals surface area contributed by atoms with Crippen molar-refractivity contribution < 1.29 is 4.79 Å². The van der Waals surface area contributed by atoms with Crippen molar-refractivity contribution in [3.63, 3.8) is 0 Å². The first-order valence-electron chi connectivity index (χ1n) is 8.26. The molecule has 5 rings (SSSR count). The molecule has 2 atom stereocenters. The number of piperidine rings is 3. The van der Waals surface area contributed by atoms with Gasteiger partial charge in [-0.2, -0.15) is 0 Å². The van der Waals surface area contributed by atoms with Crippen molar-refractivity contribution in [3.05, 3.63) is 48.0 Å². The Hall–Kier alpha value is -1.87. The minimum absolute atomic E-state index is 0.0661. The molecule has 0 aliphatic carbocycles. The fourth-order valence-electron chi connectivity index (χ4n) is 4.11. The Bertz CT molecular complexity index is 701. The van der Waals surface area contributed by atoms with Gasteiger partial charge in [0.05, 0.1) is 0 Å². The average molecular weight is 294 g/mol. The third-order valence-corrected chi connectivity index (χ3v) is 5.49. The summed E-state index contributed by atoms with van der Waals surface area (Å²) in [6, 6.07) is 14.9. The third-order valence-electron chi connectivity index (χ3n) is 5.49. The van der Waals surface area contributed by atoms with Crippen molar-refractivity contribution in [1.82, 2.24) is 10.2 Å². The molecule has 3 heterocycles. The predicted octanol–water partition coefficient (Wildman–Crippen LogP) is 3.05. The molecule has 3 nitrogen and oxygen atoms in total. The van der Waals surface area contributed by atoms with Gasteiger partial charge in [0.1, 0.15) is 0 Å². The molecular formula is C19H22N2O. The molecule has 3 aliphatic rings. The van der Waals surface area contributed by atoms with Crippen LogP contribution in [-0.4, -0.2) is 36.0 Å². The SMILES string of the molecule is C[C@H]1[C@H](NC(=O)c2ccc3ccccc3c2)C2CCN1CC2. The van der Waals surface area contributed by atoms with Crippen LogP contribution in [0.15, 0.2) is 42.5 Å². The van der Waals surface area contributed by atoms with E-state index in [2.05, 4.69) is 29.3 Å². The minimum atomic E-state index is 0.0661. The molecule has 2 bridgehead atoms. The van der Waals surface area contributed by atoms with Crippen molar-refractivity contribution in [2.45, 2.75) is 31.8 Å². The van der Waals surface area contributed by atoms with E-state index >= 15 is 0 Å². The Labute approximate surface area is 131 Å². The summed E-state index contributed by atoms with van der Waals surface area (Å²) in [5.41, 5.74) is 0.766. The number of nitrogens with one attached hydrogen (secondary N) is 1. The number of amides is 1. The Morgan fingerprint density at radius 3 is 2.55 bits per heavy atom. The van der Waals surface area contributed by atoms with Crippen molar-refractivity contribution in [3.8, 4) is 0 Å². The highest BCUT2D eigenvalue weighted by Crippen LogP contribution is 2.32. The first-order chi connectivity index (χ1) is 10.7. The lowest BCUT2D eigenvalue weighted by molar-refractivity contribution is 0.0217. The Balaban J connectivity index is 1.56. The van der Waals surface area contributed by atoms with Gasteiger partial charge in [-0.3, -0.25) is 9.69 Å². The lowest BCUT2D eigenvalue weighted by Crippen LogP contribution is -2.62. The summed E-state index contributed by atoms with van der Waals surface area (Å²) in [5, 5.41) is 5.60. The first kappa shape index (κ1) is 13.8.